The molecule has 1 amide bonds. The average molecular weight is 390 g/mol. The molecule has 0 fully saturated rings. The van der Waals surface area contributed by atoms with Gasteiger partial charge in [0.2, 0.25) is 5.91 Å². The second-order valence-corrected chi connectivity index (χ2v) is 6.65. The van der Waals surface area contributed by atoms with Crippen LogP contribution in [0.3, 0.4) is 0 Å². The van der Waals surface area contributed by atoms with Crippen molar-refractivity contribution in [2.75, 3.05) is 31.4 Å². The quantitative estimate of drug-likeness (QED) is 0.563. The molecule has 0 radical (unpaired) electrons. The Balaban J connectivity index is 1.47. The highest BCUT2D eigenvalue weighted by Gasteiger charge is 2.05. The number of ether oxygens (including phenoxy) is 2. The molecule has 0 heterocycles. The van der Waals surface area contributed by atoms with E-state index in [1.54, 1.807) is 14.2 Å². The molecule has 0 aromatic heterocycles. The Morgan fingerprint density at radius 1 is 0.793 bits per heavy atom. The molecular weight excluding hydrogens is 364 g/mol. The molecule has 0 saturated carbocycles. The summed E-state index contributed by atoms with van der Waals surface area (Å²) >= 11 is 0. The molecule has 0 unspecified atom stereocenters. The number of nitrogens with one attached hydrogen (secondary N) is 2. The number of carbonyl (C=O) groups excluding carboxylic acids is 1. The van der Waals surface area contributed by atoms with Crippen LogP contribution in [0.5, 0.6) is 11.5 Å². The second-order valence-electron chi connectivity index (χ2n) is 6.65. The summed E-state index contributed by atoms with van der Waals surface area (Å²) in [4.78, 5) is 12.1. The van der Waals surface area contributed by atoms with Gasteiger partial charge < -0.3 is 20.1 Å². The SMILES string of the molecule is COc1ccc(CCNc2ccc(NC(=O)Cc3ccccc3)cc2)cc1OC. The van der Waals surface area contributed by atoms with Crippen LogP contribution in [0.4, 0.5) is 11.4 Å². The molecular formula is C24H26N2O3. The van der Waals surface area contributed by atoms with Crippen molar-refractivity contribution in [1.29, 1.82) is 0 Å². The average Bonchev–Trinajstić information content (AvgIpc) is 2.75. The zero-order chi connectivity index (χ0) is 20.5. The first-order valence-corrected chi connectivity index (χ1v) is 9.56. The summed E-state index contributed by atoms with van der Waals surface area (Å²) in [5, 5.41) is 6.33. The Bertz CT molecular complexity index is 925. The van der Waals surface area contributed by atoms with E-state index in [2.05, 4.69) is 10.6 Å². The first-order valence-electron chi connectivity index (χ1n) is 9.56. The third-order valence-corrected chi connectivity index (χ3v) is 4.57. The number of carbonyl (C=O) groups is 1. The number of benzene rings is 3. The van der Waals surface area contributed by atoms with Crippen molar-refractivity contribution in [3.8, 4) is 11.5 Å². The molecule has 2 N–H and O–H groups in total. The van der Waals surface area contributed by atoms with Gasteiger partial charge in [-0.2, -0.15) is 0 Å². The Hall–Kier alpha value is -3.47. The lowest BCUT2D eigenvalue weighted by Crippen LogP contribution is -2.14. The smallest absolute Gasteiger partial charge is 0.228 e. The van der Waals surface area contributed by atoms with Gasteiger partial charge in [0.15, 0.2) is 11.5 Å². The predicted octanol–water partition coefficient (Wildman–Crippen LogP) is 4.54. The van der Waals surface area contributed by atoms with E-state index in [-0.39, 0.29) is 5.91 Å². The van der Waals surface area contributed by atoms with E-state index in [0.29, 0.717) is 6.42 Å². The first kappa shape index (κ1) is 20.3. The van der Waals surface area contributed by atoms with Crippen LogP contribution in [0.2, 0.25) is 0 Å². The molecule has 3 rings (SSSR count). The van der Waals surface area contributed by atoms with Crippen LogP contribution >= 0.6 is 0 Å². The predicted molar refractivity (Wildman–Crippen MR) is 117 cm³/mol. The van der Waals surface area contributed by atoms with Gasteiger partial charge in [0.05, 0.1) is 20.6 Å². The van der Waals surface area contributed by atoms with E-state index in [0.717, 1.165) is 41.4 Å². The molecule has 0 bridgehead atoms. The number of hydrogen-bond donors (Lipinski definition) is 2. The third kappa shape index (κ3) is 6.01. The van der Waals surface area contributed by atoms with Crippen molar-refractivity contribution in [3.63, 3.8) is 0 Å². The lowest BCUT2D eigenvalue weighted by molar-refractivity contribution is -0.115. The van der Waals surface area contributed by atoms with E-state index < -0.39 is 0 Å². The number of amides is 1. The largest absolute Gasteiger partial charge is 0.493 e. The Kier molecular flexibility index (Phi) is 7.11. The highest BCUT2D eigenvalue weighted by atomic mass is 16.5. The molecule has 3 aromatic rings. The van der Waals surface area contributed by atoms with Gasteiger partial charge in [0.25, 0.3) is 0 Å². The van der Waals surface area contributed by atoms with Gasteiger partial charge in [0.1, 0.15) is 0 Å². The number of anilines is 2. The highest BCUT2D eigenvalue weighted by molar-refractivity contribution is 5.92. The van der Waals surface area contributed by atoms with E-state index in [4.69, 9.17) is 9.47 Å². The van der Waals surface area contributed by atoms with E-state index in [1.807, 2.05) is 72.8 Å². The number of hydrogen-bond acceptors (Lipinski definition) is 4. The van der Waals surface area contributed by atoms with Gasteiger partial charge in [0, 0.05) is 17.9 Å². The number of rotatable bonds is 9. The summed E-state index contributed by atoms with van der Waals surface area (Å²) < 4.78 is 10.6. The van der Waals surface area contributed by atoms with Crippen LogP contribution in [0.25, 0.3) is 0 Å². The van der Waals surface area contributed by atoms with Gasteiger partial charge in [-0.05, 0) is 53.9 Å². The molecule has 150 valence electrons. The van der Waals surface area contributed by atoms with Crippen molar-refractivity contribution in [1.82, 2.24) is 0 Å². The van der Waals surface area contributed by atoms with E-state index >= 15 is 0 Å². The molecule has 5 heteroatoms. The van der Waals surface area contributed by atoms with Gasteiger partial charge in [-0.1, -0.05) is 36.4 Å². The lowest BCUT2D eigenvalue weighted by atomic mass is 10.1. The van der Waals surface area contributed by atoms with Crippen LogP contribution < -0.4 is 20.1 Å². The molecule has 0 aliphatic rings. The Morgan fingerprint density at radius 2 is 1.48 bits per heavy atom. The van der Waals surface area contributed by atoms with Crippen LogP contribution in [0.15, 0.2) is 72.8 Å². The molecule has 0 saturated heterocycles. The maximum Gasteiger partial charge on any atom is 0.228 e. The van der Waals surface area contributed by atoms with Gasteiger partial charge in [-0.3, -0.25) is 4.79 Å². The molecule has 3 aromatic carbocycles. The van der Waals surface area contributed by atoms with Crippen molar-refractivity contribution in [2.45, 2.75) is 12.8 Å². The molecule has 0 spiro atoms. The summed E-state index contributed by atoms with van der Waals surface area (Å²) in [5.74, 6) is 1.44. The van der Waals surface area contributed by atoms with E-state index in [1.165, 1.54) is 5.56 Å². The summed E-state index contributed by atoms with van der Waals surface area (Å²) in [6.45, 7) is 0.787. The third-order valence-electron chi connectivity index (χ3n) is 4.57. The second kappa shape index (κ2) is 10.2. The zero-order valence-corrected chi connectivity index (χ0v) is 16.8. The summed E-state index contributed by atoms with van der Waals surface area (Å²) in [5.41, 5.74) is 3.96. The van der Waals surface area contributed by atoms with Crippen LogP contribution in [-0.2, 0) is 17.6 Å². The first-order chi connectivity index (χ1) is 14.2. The summed E-state index contributed by atoms with van der Waals surface area (Å²) in [7, 11) is 3.27. The minimum atomic E-state index is -0.0228. The Morgan fingerprint density at radius 3 is 2.17 bits per heavy atom. The molecule has 0 aliphatic carbocycles. The standard InChI is InChI=1S/C24H26N2O3/c1-28-22-13-8-19(16-23(22)29-2)14-15-25-20-9-11-21(12-10-20)26-24(27)17-18-6-4-3-5-7-18/h3-13,16,25H,14-15,17H2,1-2H3,(H,26,27). The Labute approximate surface area is 171 Å². The number of methoxy groups -OCH3 is 2. The van der Waals surface area contributed by atoms with Crippen molar-refractivity contribution in [3.05, 3.63) is 83.9 Å². The van der Waals surface area contributed by atoms with Gasteiger partial charge >= 0.3 is 0 Å². The van der Waals surface area contributed by atoms with Crippen molar-refractivity contribution >= 4 is 17.3 Å². The highest BCUT2D eigenvalue weighted by Crippen LogP contribution is 2.27. The summed E-state index contributed by atoms with van der Waals surface area (Å²) in [6, 6.07) is 23.4. The van der Waals surface area contributed by atoms with Crippen molar-refractivity contribution < 1.29 is 14.3 Å². The molecule has 29 heavy (non-hydrogen) atoms. The van der Waals surface area contributed by atoms with Crippen LogP contribution in [0.1, 0.15) is 11.1 Å². The van der Waals surface area contributed by atoms with Crippen LogP contribution in [0, 0.1) is 0 Å². The lowest BCUT2D eigenvalue weighted by Gasteiger charge is -2.11. The maximum atomic E-state index is 12.1. The minimum absolute atomic E-state index is 0.0228. The van der Waals surface area contributed by atoms with Crippen molar-refractivity contribution in [2.24, 2.45) is 0 Å². The van der Waals surface area contributed by atoms with Crippen LogP contribution in [-0.4, -0.2) is 26.7 Å². The fourth-order valence-corrected chi connectivity index (χ4v) is 3.05. The fraction of sp³-hybridized carbons (Fsp3) is 0.208. The maximum absolute atomic E-state index is 12.1. The molecule has 0 atom stereocenters. The zero-order valence-electron chi connectivity index (χ0n) is 16.8. The topological polar surface area (TPSA) is 59.6 Å². The molecule has 0 aliphatic heterocycles. The van der Waals surface area contributed by atoms with Gasteiger partial charge in [-0.25, -0.2) is 0 Å². The monoisotopic (exact) mass is 390 g/mol. The molecule has 5 nitrogen and oxygen atoms in total. The minimum Gasteiger partial charge on any atom is -0.493 e. The summed E-state index contributed by atoms with van der Waals surface area (Å²) in [6.07, 6.45) is 1.22. The normalized spacial score (nSPS) is 10.3. The van der Waals surface area contributed by atoms with E-state index in [9.17, 15) is 4.79 Å². The van der Waals surface area contributed by atoms with Gasteiger partial charge in [-0.15, -0.1) is 0 Å². The fourth-order valence-electron chi connectivity index (χ4n) is 3.05.